The lowest BCUT2D eigenvalue weighted by Gasteiger charge is -2.22. The number of oxazole rings is 1. The predicted molar refractivity (Wildman–Crippen MR) is 182 cm³/mol. The number of aromatic nitrogens is 1. The van der Waals surface area contributed by atoms with Gasteiger partial charge in [-0.25, -0.2) is 4.98 Å². The van der Waals surface area contributed by atoms with Crippen molar-refractivity contribution in [3.8, 4) is 33.4 Å². The van der Waals surface area contributed by atoms with Gasteiger partial charge in [-0.3, -0.25) is 4.99 Å². The second-order valence-electron chi connectivity index (χ2n) is 12.6. The fraction of sp³-hybridized carbons (Fsp3) is 0.122. The summed E-state index contributed by atoms with van der Waals surface area (Å²) >= 11 is 0. The summed E-state index contributed by atoms with van der Waals surface area (Å²) in [5.74, 6) is 0.888. The van der Waals surface area contributed by atoms with Crippen LogP contribution in [0.1, 0.15) is 30.9 Å². The van der Waals surface area contributed by atoms with E-state index >= 15 is 0 Å². The molecule has 3 aliphatic rings. The predicted octanol–water partition coefficient (Wildman–Crippen LogP) is 10.2. The van der Waals surface area contributed by atoms with Crippen molar-refractivity contribution in [2.75, 3.05) is 0 Å². The average Bonchev–Trinajstić information content (AvgIpc) is 3.60. The van der Waals surface area contributed by atoms with Gasteiger partial charge in [0.1, 0.15) is 5.52 Å². The molecule has 0 amide bonds. The Hall–Kier alpha value is -5.28. The number of hydrogen-bond donors (Lipinski definition) is 0. The van der Waals surface area contributed by atoms with Gasteiger partial charge in [0.2, 0.25) is 5.89 Å². The lowest BCUT2D eigenvalue weighted by Crippen LogP contribution is -2.17. The van der Waals surface area contributed by atoms with E-state index in [1.165, 1.54) is 49.7 Å². The van der Waals surface area contributed by atoms with Crippen LogP contribution in [0, 0.1) is 5.92 Å². The Kier molecular flexibility index (Phi) is 5.37. The Morgan fingerprint density at radius 1 is 0.682 bits per heavy atom. The first-order chi connectivity index (χ1) is 21.5. The van der Waals surface area contributed by atoms with Gasteiger partial charge in [-0.2, -0.15) is 0 Å². The Bertz CT molecular complexity index is 2280. The maximum Gasteiger partial charge on any atom is 0.226 e. The van der Waals surface area contributed by atoms with Crippen molar-refractivity contribution in [3.63, 3.8) is 0 Å². The Balaban J connectivity index is 1.11. The smallest absolute Gasteiger partial charge is 0.226 e. The lowest BCUT2D eigenvalue weighted by atomic mass is 9.81. The molecule has 3 heteroatoms. The molecule has 2 aliphatic carbocycles. The number of rotatable bonds is 3. The van der Waals surface area contributed by atoms with E-state index < -0.39 is 0 Å². The molecule has 210 valence electrons. The third kappa shape index (κ3) is 3.75. The van der Waals surface area contributed by atoms with Crippen LogP contribution in [0.3, 0.4) is 0 Å². The van der Waals surface area contributed by atoms with Gasteiger partial charge in [0, 0.05) is 23.1 Å². The number of dihydropyridines is 1. The zero-order valence-corrected chi connectivity index (χ0v) is 24.7. The first-order valence-corrected chi connectivity index (χ1v) is 15.3. The van der Waals surface area contributed by atoms with Crippen LogP contribution < -0.4 is 0 Å². The molecule has 0 radical (unpaired) electrons. The summed E-state index contributed by atoms with van der Waals surface area (Å²) in [5.41, 5.74) is 12.9. The zero-order valence-electron chi connectivity index (χ0n) is 24.7. The molecule has 5 aromatic carbocycles. The molecule has 0 spiro atoms. The fourth-order valence-corrected chi connectivity index (χ4v) is 7.37. The largest absolute Gasteiger partial charge is 0.436 e. The molecule has 2 atom stereocenters. The lowest BCUT2D eigenvalue weighted by molar-refractivity contribution is 0.582. The molecule has 6 aromatic rings. The maximum absolute atomic E-state index is 6.23. The quantitative estimate of drug-likeness (QED) is 0.214. The van der Waals surface area contributed by atoms with Gasteiger partial charge < -0.3 is 4.42 Å². The van der Waals surface area contributed by atoms with Gasteiger partial charge in [0.25, 0.3) is 0 Å². The van der Waals surface area contributed by atoms with Crippen LogP contribution in [0.15, 0.2) is 137 Å². The van der Waals surface area contributed by atoms with E-state index in [-0.39, 0.29) is 17.4 Å². The highest BCUT2D eigenvalue weighted by molar-refractivity contribution is 6.06. The van der Waals surface area contributed by atoms with E-state index in [4.69, 9.17) is 9.40 Å². The molecule has 0 bridgehead atoms. The minimum atomic E-state index is -0.0320. The number of fused-ring (bicyclic) bond motifs is 6. The van der Waals surface area contributed by atoms with Crippen molar-refractivity contribution in [3.05, 3.63) is 144 Å². The van der Waals surface area contributed by atoms with E-state index in [9.17, 15) is 0 Å². The zero-order chi connectivity index (χ0) is 29.4. The Labute approximate surface area is 256 Å². The van der Waals surface area contributed by atoms with E-state index in [2.05, 4.69) is 134 Å². The highest BCUT2D eigenvalue weighted by atomic mass is 16.3. The van der Waals surface area contributed by atoms with Gasteiger partial charge >= 0.3 is 0 Å². The minimum absolute atomic E-state index is 0.0320. The molecule has 0 N–H and O–H groups in total. The van der Waals surface area contributed by atoms with E-state index in [1.54, 1.807) is 0 Å². The summed E-state index contributed by atoms with van der Waals surface area (Å²) in [4.78, 5) is 9.47. The molecular weight excluding hydrogens is 536 g/mol. The molecule has 3 nitrogen and oxygen atoms in total. The summed E-state index contributed by atoms with van der Waals surface area (Å²) in [6.07, 6.45) is 12.5. The molecule has 2 heterocycles. The van der Waals surface area contributed by atoms with Gasteiger partial charge in [-0.15, -0.1) is 0 Å². The standard InChI is InChI=1S/C41H30N2O/c1-41(2)35-12-6-5-11-33(35)34-16-13-25(23-36(34)41)29-17-18-30(32-10-4-3-9-31(29)32)26-15-20-39-38(24-26)43-40(44-39)28-14-19-37-27(22-28)8-7-21-42-37/h3-24,27,37H,1-2H3. The molecule has 1 aliphatic heterocycles. The van der Waals surface area contributed by atoms with Crippen molar-refractivity contribution in [1.29, 1.82) is 0 Å². The van der Waals surface area contributed by atoms with E-state index in [0.29, 0.717) is 5.89 Å². The van der Waals surface area contributed by atoms with Crippen molar-refractivity contribution < 1.29 is 4.42 Å². The van der Waals surface area contributed by atoms with Crippen LogP contribution in [-0.2, 0) is 5.41 Å². The summed E-state index contributed by atoms with van der Waals surface area (Å²) in [7, 11) is 0. The van der Waals surface area contributed by atoms with Gasteiger partial charge in [-0.05, 0) is 79.6 Å². The molecule has 0 saturated carbocycles. The monoisotopic (exact) mass is 566 g/mol. The van der Waals surface area contributed by atoms with Crippen molar-refractivity contribution in [1.82, 2.24) is 4.98 Å². The minimum Gasteiger partial charge on any atom is -0.436 e. The summed E-state index contributed by atoms with van der Waals surface area (Å²) in [5, 5.41) is 2.47. The van der Waals surface area contributed by atoms with Crippen molar-refractivity contribution in [2.45, 2.75) is 25.3 Å². The third-order valence-electron chi connectivity index (χ3n) is 9.68. The van der Waals surface area contributed by atoms with Crippen molar-refractivity contribution >= 4 is 33.7 Å². The first-order valence-electron chi connectivity index (χ1n) is 15.3. The molecule has 0 fully saturated rings. The summed E-state index contributed by atoms with van der Waals surface area (Å²) < 4.78 is 6.23. The summed E-state index contributed by atoms with van der Waals surface area (Å²) in [6, 6.07) is 35.6. The summed E-state index contributed by atoms with van der Waals surface area (Å²) in [6.45, 7) is 4.68. The second-order valence-corrected chi connectivity index (χ2v) is 12.6. The molecule has 0 saturated heterocycles. The van der Waals surface area contributed by atoms with E-state index in [1.807, 2.05) is 18.4 Å². The fourth-order valence-electron chi connectivity index (χ4n) is 7.37. The van der Waals surface area contributed by atoms with E-state index in [0.717, 1.165) is 22.2 Å². The first kappa shape index (κ1) is 25.2. The Morgan fingerprint density at radius 2 is 1.39 bits per heavy atom. The highest BCUT2D eigenvalue weighted by Crippen LogP contribution is 2.50. The highest BCUT2D eigenvalue weighted by Gasteiger charge is 2.35. The van der Waals surface area contributed by atoms with Gasteiger partial charge in [0.05, 0.1) is 6.04 Å². The SMILES string of the molecule is CC1(C)c2ccccc2-c2ccc(-c3ccc(-c4ccc5oc(C6=CC7C=CC=NC7C=C6)nc5c4)c4ccccc34)cc21. The average molecular weight is 567 g/mol. The van der Waals surface area contributed by atoms with Crippen LogP contribution in [0.2, 0.25) is 0 Å². The number of allylic oxidation sites excluding steroid dienone is 3. The van der Waals surface area contributed by atoms with Crippen LogP contribution in [0.25, 0.3) is 60.8 Å². The second kappa shape index (κ2) is 9.36. The van der Waals surface area contributed by atoms with Crippen LogP contribution in [-0.4, -0.2) is 17.2 Å². The third-order valence-corrected chi connectivity index (χ3v) is 9.68. The van der Waals surface area contributed by atoms with Crippen LogP contribution >= 0.6 is 0 Å². The van der Waals surface area contributed by atoms with Gasteiger partial charge in [-0.1, -0.05) is 117 Å². The van der Waals surface area contributed by atoms with Crippen LogP contribution in [0.4, 0.5) is 0 Å². The molecule has 9 rings (SSSR count). The number of nitrogens with zero attached hydrogens (tertiary/aromatic N) is 2. The molecule has 2 unspecified atom stereocenters. The van der Waals surface area contributed by atoms with Gasteiger partial charge in [0.15, 0.2) is 5.58 Å². The van der Waals surface area contributed by atoms with Crippen molar-refractivity contribution in [2.24, 2.45) is 10.9 Å². The number of aliphatic imine (C=N–C) groups is 1. The molecule has 1 aromatic heterocycles. The topological polar surface area (TPSA) is 38.4 Å². The maximum atomic E-state index is 6.23. The number of hydrogen-bond acceptors (Lipinski definition) is 3. The molecular formula is C41H30N2O. The van der Waals surface area contributed by atoms with Crippen LogP contribution in [0.5, 0.6) is 0 Å². The Morgan fingerprint density at radius 3 is 2.23 bits per heavy atom. The number of benzene rings is 5. The molecule has 44 heavy (non-hydrogen) atoms. The normalized spacial score (nSPS) is 19.2.